The normalized spacial score (nSPS) is 46.0. The van der Waals surface area contributed by atoms with E-state index in [1.807, 2.05) is 0 Å². The molecule has 0 bridgehead atoms. The molecule has 0 saturated heterocycles. The summed E-state index contributed by atoms with van der Waals surface area (Å²) in [6.45, 7) is 1.81. The first kappa shape index (κ1) is 18.8. The Kier molecular flexibility index (Phi) is 4.32. The third kappa shape index (κ3) is 2.25. The number of hydrogen-bond acceptors (Lipinski definition) is 2. The van der Waals surface area contributed by atoms with Crippen LogP contribution in [0.15, 0.2) is 10.6 Å². The molecule has 2 nitrogen and oxygen atoms in total. The molecule has 1 unspecified atom stereocenters. The summed E-state index contributed by atoms with van der Waals surface area (Å²) in [5.41, 5.74) is -2.56. The quantitative estimate of drug-likeness (QED) is 0.652. The van der Waals surface area contributed by atoms with E-state index in [4.69, 9.17) is 11.6 Å². The number of fused-ring (bicyclic) bond motifs is 5. The topological polar surface area (TPSA) is 37.3 Å². The summed E-state index contributed by atoms with van der Waals surface area (Å²) in [5.74, 6) is 0.680. The zero-order valence-electron chi connectivity index (χ0n) is 15.0. The zero-order valence-corrected chi connectivity index (χ0v) is 15.8. The molecule has 4 aliphatic rings. The summed E-state index contributed by atoms with van der Waals surface area (Å²) in [7, 11) is 0. The van der Waals surface area contributed by atoms with E-state index in [1.54, 1.807) is 6.92 Å². The minimum absolute atomic E-state index is 0.0161. The van der Waals surface area contributed by atoms with Gasteiger partial charge in [-0.25, -0.2) is 0 Å². The summed E-state index contributed by atoms with van der Waals surface area (Å²) in [4.78, 5) is 11.9. The second-order valence-corrected chi connectivity index (χ2v) is 9.20. The third-order valence-corrected chi connectivity index (χ3v) is 8.82. The molecule has 0 aliphatic heterocycles. The first-order valence-electron chi connectivity index (χ1n) is 9.87. The number of hydrogen-bond donors (Lipinski definition) is 1. The molecule has 0 aromatic carbocycles. The fourth-order valence-corrected chi connectivity index (χ4v) is 7.55. The van der Waals surface area contributed by atoms with Gasteiger partial charge in [-0.3, -0.25) is 4.79 Å². The maximum absolute atomic E-state index is 13.8. The smallest absolute Gasteiger partial charge is 0.380 e. The summed E-state index contributed by atoms with van der Waals surface area (Å²) in [5, 5.41) is 11.2. The van der Waals surface area contributed by atoms with Crippen LogP contribution >= 0.6 is 11.6 Å². The highest BCUT2D eigenvalue weighted by molar-refractivity contribution is 6.43. The molecule has 3 saturated carbocycles. The molecule has 0 aromatic heterocycles. The van der Waals surface area contributed by atoms with Crippen LogP contribution in [0.1, 0.15) is 64.7 Å². The van der Waals surface area contributed by atoms with Crippen LogP contribution in [0.5, 0.6) is 0 Å². The number of carbonyl (C=O) groups is 1. The third-order valence-electron chi connectivity index (χ3n) is 8.36. The van der Waals surface area contributed by atoms with Crippen molar-refractivity contribution >= 4 is 17.4 Å². The molecule has 0 amide bonds. The van der Waals surface area contributed by atoms with E-state index in [0.29, 0.717) is 43.1 Å². The Labute approximate surface area is 157 Å². The average Bonchev–Trinajstić information content (AvgIpc) is 2.92. The lowest BCUT2D eigenvalue weighted by Crippen LogP contribution is -2.60. The average molecular weight is 391 g/mol. The predicted octanol–water partition coefficient (Wildman–Crippen LogP) is 5.38. The predicted molar refractivity (Wildman–Crippen MR) is 92.5 cm³/mol. The maximum Gasteiger partial charge on any atom is 0.417 e. The van der Waals surface area contributed by atoms with Crippen LogP contribution in [-0.2, 0) is 4.79 Å². The molecule has 0 aromatic rings. The molecular weight excluding hydrogens is 365 g/mol. The van der Waals surface area contributed by atoms with Crippen LogP contribution in [-0.4, -0.2) is 22.7 Å². The molecular formula is C20H26ClF3O2. The first-order valence-corrected chi connectivity index (χ1v) is 10.2. The molecule has 3 fully saturated rings. The van der Waals surface area contributed by atoms with Crippen molar-refractivity contribution in [1.29, 1.82) is 0 Å². The van der Waals surface area contributed by atoms with Gasteiger partial charge >= 0.3 is 6.18 Å². The van der Waals surface area contributed by atoms with Crippen molar-refractivity contribution < 1.29 is 23.1 Å². The summed E-state index contributed by atoms with van der Waals surface area (Å²) in [6, 6.07) is 0. The SMILES string of the molecule is CCC12CC[C@H]3[C@@H](CCC4=C(Cl)C(=O)CC[C@@H]43)[C@@H]1CC[C@@]2(O)C(F)(F)F. The Hall–Kier alpha value is -0.550. The van der Waals surface area contributed by atoms with Crippen LogP contribution in [0.3, 0.4) is 0 Å². The maximum atomic E-state index is 13.8. The second-order valence-electron chi connectivity index (χ2n) is 8.83. The fourth-order valence-electron chi connectivity index (χ4n) is 7.22. The summed E-state index contributed by atoms with van der Waals surface area (Å²) < 4.78 is 41.5. The van der Waals surface area contributed by atoms with E-state index >= 15 is 0 Å². The van der Waals surface area contributed by atoms with E-state index in [1.165, 1.54) is 0 Å². The molecule has 1 N–H and O–H groups in total. The van der Waals surface area contributed by atoms with E-state index in [2.05, 4.69) is 0 Å². The lowest BCUT2D eigenvalue weighted by molar-refractivity contribution is -0.306. The van der Waals surface area contributed by atoms with E-state index < -0.39 is 17.2 Å². The molecule has 146 valence electrons. The molecule has 4 aliphatic carbocycles. The minimum atomic E-state index is -4.58. The molecule has 0 spiro atoms. The largest absolute Gasteiger partial charge is 0.417 e. The van der Waals surface area contributed by atoms with Crippen LogP contribution in [0.25, 0.3) is 0 Å². The van der Waals surface area contributed by atoms with Crippen molar-refractivity contribution in [3.63, 3.8) is 0 Å². The van der Waals surface area contributed by atoms with E-state index in [9.17, 15) is 23.1 Å². The number of aliphatic hydroxyl groups is 1. The molecule has 0 radical (unpaired) electrons. The molecule has 4 rings (SSSR count). The van der Waals surface area contributed by atoms with Gasteiger partial charge in [0.2, 0.25) is 0 Å². The van der Waals surface area contributed by atoms with Crippen molar-refractivity contribution in [2.24, 2.45) is 29.1 Å². The van der Waals surface area contributed by atoms with E-state index in [0.717, 1.165) is 24.8 Å². The number of allylic oxidation sites excluding steroid dienone is 1. The molecule has 6 heteroatoms. The van der Waals surface area contributed by atoms with Crippen molar-refractivity contribution in [3.05, 3.63) is 10.6 Å². The van der Waals surface area contributed by atoms with Gasteiger partial charge in [-0.2, -0.15) is 13.2 Å². The number of Topliss-reactive ketones (excluding diaryl/α,β-unsaturated/α-hetero) is 1. The highest BCUT2D eigenvalue weighted by atomic mass is 35.5. The number of carbonyl (C=O) groups excluding carboxylic acids is 1. The lowest BCUT2D eigenvalue weighted by atomic mass is 9.49. The number of rotatable bonds is 1. The Morgan fingerprint density at radius 3 is 2.50 bits per heavy atom. The van der Waals surface area contributed by atoms with Crippen molar-refractivity contribution in [1.82, 2.24) is 0 Å². The Morgan fingerprint density at radius 2 is 1.85 bits per heavy atom. The van der Waals surface area contributed by atoms with Gasteiger partial charge in [0.1, 0.15) is 0 Å². The standard InChI is InChI=1S/C20H26ClF3O2/c1-2-18-9-7-12-11-5-6-16(25)17(21)14(11)4-3-13(12)15(18)8-10-19(18,26)20(22,23)24/h11-13,15,26H,2-10H2,1H3/t11-,12-,13-,15+,18?,19+/m1/s1. The van der Waals surface area contributed by atoms with Gasteiger partial charge in [0.25, 0.3) is 0 Å². The Morgan fingerprint density at radius 1 is 1.12 bits per heavy atom. The van der Waals surface area contributed by atoms with Gasteiger partial charge in [0.15, 0.2) is 11.4 Å². The highest BCUT2D eigenvalue weighted by Crippen LogP contribution is 2.69. The number of alkyl halides is 3. The van der Waals surface area contributed by atoms with Gasteiger partial charge in [-0.1, -0.05) is 18.5 Å². The molecule has 0 heterocycles. The van der Waals surface area contributed by atoms with Crippen LogP contribution < -0.4 is 0 Å². The van der Waals surface area contributed by atoms with Crippen molar-refractivity contribution in [2.45, 2.75) is 76.5 Å². The molecule has 6 atom stereocenters. The Balaban J connectivity index is 1.69. The Bertz CT molecular complexity index is 658. The zero-order chi connectivity index (χ0) is 18.9. The van der Waals surface area contributed by atoms with Gasteiger partial charge < -0.3 is 5.11 Å². The van der Waals surface area contributed by atoms with Gasteiger partial charge in [0.05, 0.1) is 5.03 Å². The molecule has 26 heavy (non-hydrogen) atoms. The van der Waals surface area contributed by atoms with Gasteiger partial charge in [-0.15, -0.1) is 0 Å². The number of ketones is 1. The monoisotopic (exact) mass is 390 g/mol. The van der Waals surface area contributed by atoms with Crippen LogP contribution in [0.4, 0.5) is 13.2 Å². The van der Waals surface area contributed by atoms with Crippen LogP contribution in [0.2, 0.25) is 0 Å². The van der Waals surface area contributed by atoms with Crippen LogP contribution in [0, 0.1) is 29.1 Å². The highest BCUT2D eigenvalue weighted by Gasteiger charge is 2.72. The van der Waals surface area contributed by atoms with Crippen molar-refractivity contribution in [2.75, 3.05) is 0 Å². The van der Waals surface area contributed by atoms with Crippen molar-refractivity contribution in [3.8, 4) is 0 Å². The lowest BCUT2D eigenvalue weighted by Gasteiger charge is -2.57. The minimum Gasteiger partial charge on any atom is -0.380 e. The first-order chi connectivity index (χ1) is 12.2. The van der Waals surface area contributed by atoms with E-state index in [-0.39, 0.29) is 30.0 Å². The fraction of sp³-hybridized carbons (Fsp3) is 0.850. The van der Waals surface area contributed by atoms with Gasteiger partial charge in [-0.05, 0) is 80.6 Å². The summed E-state index contributed by atoms with van der Waals surface area (Å²) >= 11 is 6.28. The summed E-state index contributed by atoms with van der Waals surface area (Å²) in [6.07, 6.45) is -0.0893. The number of halogens is 4. The second kappa shape index (κ2) is 5.97. The van der Waals surface area contributed by atoms with Gasteiger partial charge in [0, 0.05) is 11.8 Å².